The highest BCUT2D eigenvalue weighted by Crippen LogP contribution is 2.05. The van der Waals surface area contributed by atoms with E-state index in [-0.39, 0.29) is 11.8 Å². The van der Waals surface area contributed by atoms with Crippen LogP contribution in [-0.2, 0) is 9.53 Å². The lowest BCUT2D eigenvalue weighted by Crippen LogP contribution is -2.50. The van der Waals surface area contributed by atoms with Crippen molar-refractivity contribution >= 4 is 11.8 Å². The third kappa shape index (κ3) is 3.54. The Hall–Kier alpha value is -1.95. The molecule has 1 saturated heterocycles. The number of amides is 2. The third-order valence-electron chi connectivity index (χ3n) is 3.15. The zero-order chi connectivity index (χ0) is 14.5. The van der Waals surface area contributed by atoms with Crippen LogP contribution in [0.15, 0.2) is 24.3 Å². The van der Waals surface area contributed by atoms with E-state index in [4.69, 9.17) is 4.74 Å². The molecule has 1 fully saturated rings. The van der Waals surface area contributed by atoms with E-state index in [1.54, 1.807) is 11.8 Å². The number of carbonyl (C=O) groups is 2. The molecular weight excluding hydrogens is 263 g/mol. The summed E-state index contributed by atoms with van der Waals surface area (Å²) in [5.74, 6) is -0.929. The maximum Gasteiger partial charge on any atom is 0.251 e. The second-order valence-corrected chi connectivity index (χ2v) is 4.64. The molecule has 1 aliphatic heterocycles. The van der Waals surface area contributed by atoms with E-state index in [0.29, 0.717) is 31.9 Å². The Kier molecular flexibility index (Phi) is 4.68. The van der Waals surface area contributed by atoms with E-state index < -0.39 is 11.9 Å². The lowest BCUT2D eigenvalue weighted by atomic mass is 10.2. The predicted octanol–water partition coefficient (Wildman–Crippen LogP) is 0.803. The quantitative estimate of drug-likeness (QED) is 0.891. The number of nitrogens with one attached hydrogen (secondary N) is 1. The number of rotatable bonds is 3. The average molecular weight is 280 g/mol. The van der Waals surface area contributed by atoms with Crippen molar-refractivity contribution in [3.63, 3.8) is 0 Å². The number of carbonyl (C=O) groups excluding carboxylic acids is 2. The average Bonchev–Trinajstić information content (AvgIpc) is 2.48. The maximum atomic E-state index is 12.8. The molecule has 5 nitrogen and oxygen atoms in total. The Balaban J connectivity index is 1.92. The summed E-state index contributed by atoms with van der Waals surface area (Å²) < 4.78 is 18.0. The van der Waals surface area contributed by atoms with Crippen molar-refractivity contribution in [2.45, 2.75) is 13.0 Å². The highest BCUT2D eigenvalue weighted by atomic mass is 19.1. The maximum absolute atomic E-state index is 12.8. The summed E-state index contributed by atoms with van der Waals surface area (Å²) >= 11 is 0. The summed E-state index contributed by atoms with van der Waals surface area (Å²) in [5.41, 5.74) is 0.327. The van der Waals surface area contributed by atoms with E-state index in [1.807, 2.05) is 0 Å². The molecule has 1 aromatic rings. The molecule has 0 bridgehead atoms. The molecule has 0 aliphatic carbocycles. The molecule has 1 N–H and O–H groups in total. The fourth-order valence-electron chi connectivity index (χ4n) is 2.00. The van der Waals surface area contributed by atoms with Gasteiger partial charge in [-0.3, -0.25) is 9.59 Å². The van der Waals surface area contributed by atoms with Gasteiger partial charge in [-0.2, -0.15) is 0 Å². The fourth-order valence-corrected chi connectivity index (χ4v) is 2.00. The molecule has 2 rings (SSSR count). The van der Waals surface area contributed by atoms with Crippen molar-refractivity contribution in [2.24, 2.45) is 0 Å². The van der Waals surface area contributed by atoms with Gasteiger partial charge in [-0.25, -0.2) is 4.39 Å². The minimum atomic E-state index is -0.620. The molecule has 1 heterocycles. The van der Waals surface area contributed by atoms with Crippen LogP contribution in [-0.4, -0.2) is 49.1 Å². The molecule has 0 unspecified atom stereocenters. The van der Waals surface area contributed by atoms with Crippen molar-refractivity contribution in [1.29, 1.82) is 0 Å². The minimum Gasteiger partial charge on any atom is -0.378 e. The van der Waals surface area contributed by atoms with E-state index in [9.17, 15) is 14.0 Å². The number of hydrogen-bond donors (Lipinski definition) is 1. The van der Waals surface area contributed by atoms with Gasteiger partial charge in [-0.1, -0.05) is 0 Å². The molecule has 20 heavy (non-hydrogen) atoms. The van der Waals surface area contributed by atoms with Gasteiger partial charge < -0.3 is 15.0 Å². The van der Waals surface area contributed by atoms with Crippen molar-refractivity contribution in [1.82, 2.24) is 10.2 Å². The monoisotopic (exact) mass is 280 g/mol. The van der Waals surface area contributed by atoms with Crippen molar-refractivity contribution in [2.75, 3.05) is 26.3 Å². The molecule has 0 radical (unpaired) electrons. The predicted molar refractivity (Wildman–Crippen MR) is 70.7 cm³/mol. The number of morpholine rings is 1. The fraction of sp³-hybridized carbons (Fsp3) is 0.429. The molecular formula is C14H17FN2O3. The number of nitrogens with zero attached hydrogens (tertiary/aromatic N) is 1. The van der Waals surface area contributed by atoms with Crippen molar-refractivity contribution < 1.29 is 18.7 Å². The second kappa shape index (κ2) is 6.47. The zero-order valence-corrected chi connectivity index (χ0v) is 11.3. The molecule has 0 saturated carbocycles. The standard InChI is InChI=1S/C14H17FN2O3/c1-10(14(19)17-6-8-20-9-7-17)16-13(18)11-2-4-12(15)5-3-11/h2-5,10H,6-9H2,1H3,(H,16,18)/t10-/m0/s1. The van der Waals surface area contributed by atoms with E-state index in [1.165, 1.54) is 24.3 Å². The first-order valence-corrected chi connectivity index (χ1v) is 6.51. The van der Waals surface area contributed by atoms with E-state index in [2.05, 4.69) is 5.32 Å². The van der Waals surface area contributed by atoms with Gasteiger partial charge in [-0.05, 0) is 31.2 Å². The van der Waals surface area contributed by atoms with Crippen LogP contribution in [0.4, 0.5) is 4.39 Å². The van der Waals surface area contributed by atoms with E-state index in [0.717, 1.165) is 0 Å². The Morgan fingerprint density at radius 1 is 1.25 bits per heavy atom. The van der Waals surface area contributed by atoms with E-state index >= 15 is 0 Å². The number of hydrogen-bond acceptors (Lipinski definition) is 3. The molecule has 108 valence electrons. The van der Waals surface area contributed by atoms with Crippen LogP contribution in [0, 0.1) is 5.82 Å². The normalized spacial score (nSPS) is 16.6. The van der Waals surface area contributed by atoms with Crippen LogP contribution < -0.4 is 5.32 Å². The smallest absolute Gasteiger partial charge is 0.251 e. The molecule has 1 aliphatic rings. The summed E-state index contributed by atoms with van der Waals surface area (Å²) in [5, 5.41) is 2.62. The van der Waals surface area contributed by atoms with Crippen LogP contribution in [0.3, 0.4) is 0 Å². The summed E-state index contributed by atoms with van der Waals surface area (Å²) in [4.78, 5) is 25.7. The van der Waals surface area contributed by atoms with Crippen LogP contribution in [0.2, 0.25) is 0 Å². The van der Waals surface area contributed by atoms with Gasteiger partial charge in [0.05, 0.1) is 13.2 Å². The Morgan fingerprint density at radius 3 is 2.45 bits per heavy atom. The topological polar surface area (TPSA) is 58.6 Å². The van der Waals surface area contributed by atoms with Gasteiger partial charge >= 0.3 is 0 Å². The Bertz CT molecular complexity index is 484. The summed E-state index contributed by atoms with van der Waals surface area (Å²) in [7, 11) is 0. The van der Waals surface area contributed by atoms with Crippen LogP contribution in [0.25, 0.3) is 0 Å². The van der Waals surface area contributed by atoms with Crippen molar-refractivity contribution in [3.05, 3.63) is 35.6 Å². The molecule has 2 amide bonds. The van der Waals surface area contributed by atoms with Crippen LogP contribution in [0.5, 0.6) is 0 Å². The highest BCUT2D eigenvalue weighted by Gasteiger charge is 2.23. The third-order valence-corrected chi connectivity index (χ3v) is 3.15. The van der Waals surface area contributed by atoms with Gasteiger partial charge in [0.15, 0.2) is 0 Å². The van der Waals surface area contributed by atoms with Crippen LogP contribution in [0.1, 0.15) is 17.3 Å². The Morgan fingerprint density at radius 2 is 1.85 bits per heavy atom. The molecule has 1 atom stereocenters. The molecule has 0 spiro atoms. The van der Waals surface area contributed by atoms with Gasteiger partial charge in [0, 0.05) is 18.7 Å². The molecule has 1 aromatic carbocycles. The zero-order valence-electron chi connectivity index (χ0n) is 11.3. The summed E-state index contributed by atoms with van der Waals surface area (Å²) in [6, 6.07) is 4.57. The summed E-state index contributed by atoms with van der Waals surface area (Å²) in [6.07, 6.45) is 0. The molecule has 6 heteroatoms. The first-order valence-electron chi connectivity index (χ1n) is 6.51. The SMILES string of the molecule is C[C@H](NC(=O)c1ccc(F)cc1)C(=O)N1CCOCC1. The van der Waals surface area contributed by atoms with Crippen molar-refractivity contribution in [3.8, 4) is 0 Å². The molecule has 0 aromatic heterocycles. The Labute approximate surface area is 116 Å². The lowest BCUT2D eigenvalue weighted by molar-refractivity contribution is -0.136. The number of halogens is 1. The highest BCUT2D eigenvalue weighted by molar-refractivity contribution is 5.97. The largest absolute Gasteiger partial charge is 0.378 e. The number of ether oxygens (including phenoxy) is 1. The van der Waals surface area contributed by atoms with Gasteiger partial charge in [0.25, 0.3) is 5.91 Å². The first-order chi connectivity index (χ1) is 9.58. The number of benzene rings is 1. The summed E-state index contributed by atoms with van der Waals surface area (Å²) in [6.45, 7) is 3.75. The minimum absolute atomic E-state index is 0.135. The van der Waals surface area contributed by atoms with Gasteiger partial charge in [-0.15, -0.1) is 0 Å². The van der Waals surface area contributed by atoms with Crippen LogP contribution >= 0.6 is 0 Å². The van der Waals surface area contributed by atoms with Gasteiger partial charge in [0.1, 0.15) is 11.9 Å². The van der Waals surface area contributed by atoms with Gasteiger partial charge in [0.2, 0.25) is 5.91 Å². The lowest BCUT2D eigenvalue weighted by Gasteiger charge is -2.29. The first kappa shape index (κ1) is 14.5. The second-order valence-electron chi connectivity index (χ2n) is 4.64.